The van der Waals surface area contributed by atoms with Crippen LogP contribution in [0.5, 0.6) is 5.75 Å². The molecule has 0 spiro atoms. The average molecular weight is 412 g/mol. The van der Waals surface area contributed by atoms with Crippen molar-refractivity contribution in [1.29, 1.82) is 5.26 Å². The summed E-state index contributed by atoms with van der Waals surface area (Å²) in [4.78, 5) is 12.6. The number of anilines is 1. The second kappa shape index (κ2) is 8.99. The van der Waals surface area contributed by atoms with Gasteiger partial charge < -0.3 is 10.1 Å². The van der Waals surface area contributed by atoms with Gasteiger partial charge in [0.2, 0.25) is 0 Å². The molecule has 0 bridgehead atoms. The third kappa shape index (κ3) is 4.51. The molecule has 1 amide bonds. The fourth-order valence-electron chi connectivity index (χ4n) is 2.86. The lowest BCUT2D eigenvalue weighted by Gasteiger charge is -2.10. The first-order valence-corrected chi connectivity index (χ1v) is 9.96. The zero-order chi connectivity index (χ0) is 20.8. The van der Waals surface area contributed by atoms with Crippen LogP contribution in [0.15, 0.2) is 78.2 Å². The smallest absolute Gasteiger partial charge is 0.255 e. The van der Waals surface area contributed by atoms with Gasteiger partial charge in [-0.25, -0.2) is 0 Å². The molecular weight excluding hydrogens is 396 g/mol. The third-order valence-electron chi connectivity index (χ3n) is 4.43. The minimum absolute atomic E-state index is 0.235. The van der Waals surface area contributed by atoms with Crippen LogP contribution in [-0.4, -0.2) is 15.5 Å². The quantitative estimate of drug-likeness (QED) is 0.486. The molecule has 0 saturated carbocycles. The molecule has 1 N–H and O–H groups in total. The molecule has 6 nitrogen and oxygen atoms in total. The van der Waals surface area contributed by atoms with Gasteiger partial charge in [0.05, 0.1) is 11.6 Å². The lowest BCUT2D eigenvalue weighted by Crippen LogP contribution is -2.12. The van der Waals surface area contributed by atoms with E-state index in [1.54, 1.807) is 30.3 Å². The molecule has 30 heavy (non-hydrogen) atoms. The first-order chi connectivity index (χ1) is 14.7. The summed E-state index contributed by atoms with van der Waals surface area (Å²) in [7, 11) is 0. The molecule has 0 aliphatic heterocycles. The van der Waals surface area contributed by atoms with Crippen molar-refractivity contribution in [3.63, 3.8) is 0 Å². The Labute approximate surface area is 177 Å². The van der Waals surface area contributed by atoms with E-state index >= 15 is 0 Å². The van der Waals surface area contributed by atoms with Gasteiger partial charge in [0, 0.05) is 27.8 Å². The first-order valence-electron chi connectivity index (χ1n) is 9.12. The molecule has 0 aliphatic carbocycles. The number of nitrogens with one attached hydrogen (secondary N) is 1. The second-order valence-corrected chi connectivity index (χ2v) is 7.02. The van der Waals surface area contributed by atoms with Crippen LogP contribution in [0.4, 0.5) is 5.69 Å². The van der Waals surface area contributed by atoms with Gasteiger partial charge in [-0.1, -0.05) is 40.9 Å². The molecule has 146 valence electrons. The summed E-state index contributed by atoms with van der Waals surface area (Å²) < 4.78 is 9.65. The Morgan fingerprint density at radius 1 is 1.07 bits per heavy atom. The summed E-state index contributed by atoms with van der Waals surface area (Å²) >= 11 is 1.29. The minimum atomic E-state index is -0.235. The highest BCUT2D eigenvalue weighted by Gasteiger charge is 2.09. The summed E-state index contributed by atoms with van der Waals surface area (Å²) in [6.07, 6.45) is 0. The Morgan fingerprint density at radius 3 is 2.67 bits per heavy atom. The zero-order valence-electron chi connectivity index (χ0n) is 15.8. The molecule has 0 atom stereocenters. The first kappa shape index (κ1) is 19.3. The highest BCUT2D eigenvalue weighted by molar-refractivity contribution is 7.03. The SMILES string of the molecule is N#Cc1ccccc1COc1cccc(C(=O)Nc2ccc(-c3csnn3)cc2)c1. The summed E-state index contributed by atoms with van der Waals surface area (Å²) in [5.41, 5.74) is 4.28. The van der Waals surface area contributed by atoms with E-state index in [0.717, 1.165) is 16.8 Å². The molecular formula is C23H16N4O2S. The van der Waals surface area contributed by atoms with E-state index in [1.165, 1.54) is 11.5 Å². The van der Waals surface area contributed by atoms with Gasteiger partial charge in [0.15, 0.2) is 0 Å². The van der Waals surface area contributed by atoms with Gasteiger partial charge in [0.1, 0.15) is 18.1 Å². The molecule has 3 aromatic carbocycles. The predicted octanol–water partition coefficient (Wildman–Crippen LogP) is 4.91. The van der Waals surface area contributed by atoms with Crippen molar-refractivity contribution in [1.82, 2.24) is 9.59 Å². The molecule has 4 aromatic rings. The van der Waals surface area contributed by atoms with Crippen molar-refractivity contribution >= 4 is 23.1 Å². The summed E-state index contributed by atoms with van der Waals surface area (Å²) in [5.74, 6) is 0.322. The lowest BCUT2D eigenvalue weighted by molar-refractivity contribution is 0.102. The van der Waals surface area contributed by atoms with Crippen LogP contribution in [0.25, 0.3) is 11.3 Å². The van der Waals surface area contributed by atoms with E-state index in [4.69, 9.17) is 4.74 Å². The third-order valence-corrected chi connectivity index (χ3v) is 4.93. The van der Waals surface area contributed by atoms with Crippen LogP contribution in [0, 0.1) is 11.3 Å². The number of carbonyl (C=O) groups excluding carboxylic acids is 1. The normalized spacial score (nSPS) is 10.2. The topological polar surface area (TPSA) is 87.9 Å². The number of nitrogens with zero attached hydrogens (tertiary/aromatic N) is 3. The lowest BCUT2D eigenvalue weighted by atomic mass is 10.1. The number of aromatic nitrogens is 2. The van der Waals surface area contributed by atoms with Gasteiger partial charge in [-0.2, -0.15) is 5.26 Å². The highest BCUT2D eigenvalue weighted by atomic mass is 32.1. The van der Waals surface area contributed by atoms with Crippen LogP contribution in [-0.2, 0) is 6.61 Å². The fraction of sp³-hybridized carbons (Fsp3) is 0.0435. The van der Waals surface area contributed by atoms with Crippen LogP contribution >= 0.6 is 11.5 Å². The Hall–Kier alpha value is -4.02. The molecule has 4 rings (SSSR count). The maximum Gasteiger partial charge on any atom is 0.255 e. The molecule has 0 unspecified atom stereocenters. The molecule has 1 heterocycles. The number of hydrogen-bond donors (Lipinski definition) is 1. The van der Waals surface area contributed by atoms with Crippen LogP contribution in [0.2, 0.25) is 0 Å². The van der Waals surface area contributed by atoms with Crippen LogP contribution in [0.1, 0.15) is 21.5 Å². The van der Waals surface area contributed by atoms with E-state index in [9.17, 15) is 10.1 Å². The second-order valence-electron chi connectivity index (χ2n) is 6.41. The monoisotopic (exact) mass is 412 g/mol. The van der Waals surface area contributed by atoms with Crippen LogP contribution < -0.4 is 10.1 Å². The number of benzene rings is 3. The van der Waals surface area contributed by atoms with Crippen molar-refractivity contribution in [3.8, 4) is 23.1 Å². The number of carbonyl (C=O) groups is 1. The number of rotatable bonds is 6. The van der Waals surface area contributed by atoms with Crippen molar-refractivity contribution in [2.24, 2.45) is 0 Å². The maximum absolute atomic E-state index is 12.6. The number of nitriles is 1. The van der Waals surface area contributed by atoms with E-state index < -0.39 is 0 Å². The summed E-state index contributed by atoms with van der Waals surface area (Å²) in [5, 5.41) is 18.0. The van der Waals surface area contributed by atoms with E-state index in [1.807, 2.05) is 47.8 Å². The van der Waals surface area contributed by atoms with E-state index in [2.05, 4.69) is 21.0 Å². The van der Waals surface area contributed by atoms with Gasteiger partial charge in [-0.05, 0) is 47.9 Å². The van der Waals surface area contributed by atoms with E-state index in [0.29, 0.717) is 22.6 Å². The number of hydrogen-bond acceptors (Lipinski definition) is 6. The van der Waals surface area contributed by atoms with Gasteiger partial charge >= 0.3 is 0 Å². The fourth-order valence-corrected chi connectivity index (χ4v) is 3.33. The zero-order valence-corrected chi connectivity index (χ0v) is 16.6. The number of ether oxygens (including phenoxy) is 1. The predicted molar refractivity (Wildman–Crippen MR) is 115 cm³/mol. The maximum atomic E-state index is 12.6. The van der Waals surface area contributed by atoms with Crippen molar-refractivity contribution in [3.05, 3.63) is 94.9 Å². The molecule has 7 heteroatoms. The van der Waals surface area contributed by atoms with Gasteiger partial charge in [-0.15, -0.1) is 5.10 Å². The van der Waals surface area contributed by atoms with Gasteiger partial charge in [-0.3, -0.25) is 4.79 Å². The van der Waals surface area contributed by atoms with Crippen molar-refractivity contribution in [2.45, 2.75) is 6.61 Å². The largest absolute Gasteiger partial charge is 0.489 e. The molecule has 1 aromatic heterocycles. The Bertz CT molecular complexity index is 1200. The molecule has 0 fully saturated rings. The Morgan fingerprint density at radius 2 is 1.90 bits per heavy atom. The van der Waals surface area contributed by atoms with E-state index in [-0.39, 0.29) is 12.5 Å². The molecule has 0 aliphatic rings. The molecule has 0 saturated heterocycles. The average Bonchev–Trinajstić information content (AvgIpc) is 3.33. The van der Waals surface area contributed by atoms with Crippen molar-refractivity contribution < 1.29 is 9.53 Å². The molecule has 0 radical (unpaired) electrons. The summed E-state index contributed by atoms with van der Waals surface area (Å²) in [6.45, 7) is 0.252. The highest BCUT2D eigenvalue weighted by Crippen LogP contribution is 2.21. The standard InChI is InChI=1S/C23H16N4O2S/c24-13-18-4-1-2-5-19(18)14-29-21-7-3-6-17(12-21)23(28)25-20-10-8-16(9-11-20)22-15-30-27-26-22/h1-12,15H,14H2,(H,25,28). The Balaban J connectivity index is 1.42. The number of amides is 1. The minimum Gasteiger partial charge on any atom is -0.489 e. The van der Waals surface area contributed by atoms with Crippen LogP contribution in [0.3, 0.4) is 0 Å². The summed E-state index contributed by atoms with van der Waals surface area (Å²) in [6, 6.07) is 23.8. The van der Waals surface area contributed by atoms with Gasteiger partial charge in [0.25, 0.3) is 5.91 Å². The Kier molecular flexibility index (Phi) is 5.78. The van der Waals surface area contributed by atoms with Crippen molar-refractivity contribution in [2.75, 3.05) is 5.32 Å².